The summed E-state index contributed by atoms with van der Waals surface area (Å²) in [6, 6.07) is 12.0. The van der Waals surface area contributed by atoms with Gasteiger partial charge in [-0.1, -0.05) is 24.3 Å². The Bertz CT molecular complexity index is 1060. The third-order valence-corrected chi connectivity index (χ3v) is 3.86. The number of alkyl halides is 3. The zero-order chi connectivity index (χ0) is 18.9. The van der Waals surface area contributed by atoms with E-state index in [1.165, 1.54) is 0 Å². The average Bonchev–Trinajstić information content (AvgIpc) is 2.61. The molecule has 26 heavy (non-hydrogen) atoms. The van der Waals surface area contributed by atoms with E-state index in [9.17, 15) is 23.2 Å². The number of rotatable bonds is 2. The fraction of sp³-hybridized carbons (Fsp3) is 0.105. The van der Waals surface area contributed by atoms with Gasteiger partial charge in [-0.3, -0.25) is 9.78 Å². The predicted molar refractivity (Wildman–Crippen MR) is 90.2 cm³/mol. The molecule has 130 valence electrons. The van der Waals surface area contributed by atoms with Crippen molar-refractivity contribution in [3.05, 3.63) is 75.8 Å². The number of aromatic amines is 1. The molecule has 0 unspecified atom stereocenters. The van der Waals surface area contributed by atoms with Gasteiger partial charge < -0.3 is 4.98 Å². The van der Waals surface area contributed by atoms with Crippen molar-refractivity contribution >= 4 is 0 Å². The lowest BCUT2D eigenvalue weighted by Crippen LogP contribution is -2.12. The zero-order valence-electron chi connectivity index (χ0n) is 13.6. The van der Waals surface area contributed by atoms with Gasteiger partial charge in [-0.25, -0.2) is 0 Å². The van der Waals surface area contributed by atoms with Crippen LogP contribution in [0.2, 0.25) is 0 Å². The standard InChI is InChI=1S/C19H12F3N3O/c1-11-8-15(16(10-23)18(26)25-11)12-2-4-13(5-3-12)17-9-14(6-7-24-17)19(20,21)22/h2-9H,1H3,(H,25,26). The maximum atomic E-state index is 12.8. The monoisotopic (exact) mass is 355 g/mol. The SMILES string of the molecule is Cc1cc(-c2ccc(-c3cc(C(F)(F)F)ccn3)cc2)c(C#N)c(=O)[nH]1. The number of aryl methyl sites for hydroxylation is 1. The van der Waals surface area contributed by atoms with Crippen molar-refractivity contribution in [2.45, 2.75) is 13.1 Å². The van der Waals surface area contributed by atoms with Crippen molar-refractivity contribution in [1.29, 1.82) is 5.26 Å². The first-order chi connectivity index (χ1) is 12.3. The largest absolute Gasteiger partial charge is 0.416 e. The highest BCUT2D eigenvalue weighted by atomic mass is 19.4. The lowest BCUT2D eigenvalue weighted by Gasteiger charge is -2.09. The molecule has 0 aliphatic rings. The van der Waals surface area contributed by atoms with Gasteiger partial charge in [-0.05, 0) is 30.7 Å². The first-order valence-electron chi connectivity index (χ1n) is 7.57. The van der Waals surface area contributed by atoms with Crippen LogP contribution in [0.15, 0.2) is 53.5 Å². The Balaban J connectivity index is 2.04. The first kappa shape index (κ1) is 17.4. The topological polar surface area (TPSA) is 69.5 Å². The minimum Gasteiger partial charge on any atom is -0.325 e. The van der Waals surface area contributed by atoms with Crippen LogP contribution in [0.1, 0.15) is 16.8 Å². The third kappa shape index (κ3) is 3.35. The molecule has 3 rings (SSSR count). The van der Waals surface area contributed by atoms with E-state index >= 15 is 0 Å². The molecule has 0 radical (unpaired) electrons. The van der Waals surface area contributed by atoms with E-state index in [4.69, 9.17) is 0 Å². The maximum Gasteiger partial charge on any atom is 0.416 e. The highest BCUT2D eigenvalue weighted by molar-refractivity contribution is 5.73. The Morgan fingerprint density at radius 1 is 1.08 bits per heavy atom. The Morgan fingerprint density at radius 2 is 1.73 bits per heavy atom. The minimum atomic E-state index is -4.44. The second kappa shape index (κ2) is 6.48. The number of aromatic nitrogens is 2. The van der Waals surface area contributed by atoms with Crippen LogP contribution in [0, 0.1) is 18.3 Å². The molecular weight excluding hydrogens is 343 g/mol. The van der Waals surface area contributed by atoms with Gasteiger partial charge in [0.25, 0.3) is 5.56 Å². The van der Waals surface area contributed by atoms with Crippen molar-refractivity contribution in [2.75, 3.05) is 0 Å². The molecule has 0 aliphatic carbocycles. The first-order valence-corrected chi connectivity index (χ1v) is 7.57. The lowest BCUT2D eigenvalue weighted by molar-refractivity contribution is -0.137. The summed E-state index contributed by atoms with van der Waals surface area (Å²) in [6.45, 7) is 1.70. The molecule has 0 aliphatic heterocycles. The van der Waals surface area contributed by atoms with Gasteiger partial charge in [-0.2, -0.15) is 18.4 Å². The van der Waals surface area contributed by atoms with Crippen LogP contribution in [0.3, 0.4) is 0 Å². The van der Waals surface area contributed by atoms with Gasteiger partial charge in [0.1, 0.15) is 11.6 Å². The Hall–Kier alpha value is -3.40. The molecule has 1 N–H and O–H groups in total. The Kier molecular flexibility index (Phi) is 4.34. The van der Waals surface area contributed by atoms with Gasteiger partial charge in [0.2, 0.25) is 0 Å². The van der Waals surface area contributed by atoms with Gasteiger partial charge in [-0.15, -0.1) is 0 Å². The van der Waals surface area contributed by atoms with Crippen LogP contribution >= 0.6 is 0 Å². The predicted octanol–water partition coefficient (Wildman–Crippen LogP) is 4.30. The number of H-pyrrole nitrogens is 1. The van der Waals surface area contributed by atoms with Gasteiger partial charge >= 0.3 is 6.18 Å². The Morgan fingerprint density at radius 3 is 2.35 bits per heavy atom. The van der Waals surface area contributed by atoms with Crippen LogP contribution < -0.4 is 5.56 Å². The molecule has 0 atom stereocenters. The van der Waals surface area contributed by atoms with Crippen LogP contribution in [0.4, 0.5) is 13.2 Å². The van der Waals surface area contributed by atoms with Crippen molar-refractivity contribution in [2.24, 2.45) is 0 Å². The number of hydrogen-bond donors (Lipinski definition) is 1. The number of hydrogen-bond acceptors (Lipinski definition) is 3. The van der Waals surface area contributed by atoms with Crippen LogP contribution in [-0.2, 0) is 6.18 Å². The second-order valence-corrected chi connectivity index (χ2v) is 5.69. The molecule has 0 amide bonds. The van der Waals surface area contributed by atoms with E-state index in [2.05, 4.69) is 9.97 Å². The molecule has 0 bridgehead atoms. The summed E-state index contributed by atoms with van der Waals surface area (Å²) < 4.78 is 38.5. The van der Waals surface area contributed by atoms with Crippen LogP contribution in [0.25, 0.3) is 22.4 Å². The quantitative estimate of drug-likeness (QED) is 0.745. The second-order valence-electron chi connectivity index (χ2n) is 5.69. The summed E-state index contributed by atoms with van der Waals surface area (Å²) in [5.41, 5.74) is 1.11. The number of nitriles is 1. The summed E-state index contributed by atoms with van der Waals surface area (Å²) >= 11 is 0. The van der Waals surface area contributed by atoms with Crippen molar-refractivity contribution < 1.29 is 13.2 Å². The summed E-state index contributed by atoms with van der Waals surface area (Å²) in [5.74, 6) is 0. The van der Waals surface area contributed by atoms with E-state index in [-0.39, 0.29) is 11.3 Å². The highest BCUT2D eigenvalue weighted by Crippen LogP contribution is 2.32. The van der Waals surface area contributed by atoms with Crippen molar-refractivity contribution in [1.82, 2.24) is 9.97 Å². The lowest BCUT2D eigenvalue weighted by atomic mass is 9.99. The van der Waals surface area contributed by atoms with E-state index in [1.54, 1.807) is 37.3 Å². The molecule has 2 aromatic heterocycles. The summed E-state index contributed by atoms with van der Waals surface area (Å²) in [7, 11) is 0. The maximum absolute atomic E-state index is 12.8. The molecule has 0 saturated carbocycles. The summed E-state index contributed by atoms with van der Waals surface area (Å²) in [4.78, 5) is 18.4. The number of nitrogens with one attached hydrogen (secondary N) is 1. The number of halogens is 3. The fourth-order valence-corrected chi connectivity index (χ4v) is 2.61. The van der Waals surface area contributed by atoms with Gasteiger partial charge in [0.05, 0.1) is 11.3 Å². The summed E-state index contributed by atoms with van der Waals surface area (Å²) in [6.07, 6.45) is -3.33. The number of benzene rings is 1. The fourth-order valence-electron chi connectivity index (χ4n) is 2.61. The van der Waals surface area contributed by atoms with Crippen molar-refractivity contribution in [3.63, 3.8) is 0 Å². The molecule has 0 fully saturated rings. The van der Waals surface area contributed by atoms with E-state index < -0.39 is 17.3 Å². The molecular formula is C19H12F3N3O. The van der Waals surface area contributed by atoms with Crippen LogP contribution in [0.5, 0.6) is 0 Å². The smallest absolute Gasteiger partial charge is 0.325 e. The molecule has 3 aromatic rings. The minimum absolute atomic E-state index is 0.0134. The van der Waals surface area contributed by atoms with E-state index in [1.807, 2.05) is 6.07 Å². The van der Waals surface area contributed by atoms with E-state index in [0.717, 1.165) is 18.3 Å². The van der Waals surface area contributed by atoms with Gasteiger partial charge in [0, 0.05) is 23.0 Å². The molecule has 0 saturated heterocycles. The summed E-state index contributed by atoms with van der Waals surface area (Å²) in [5, 5.41) is 9.20. The molecule has 0 spiro atoms. The normalized spacial score (nSPS) is 11.2. The van der Waals surface area contributed by atoms with E-state index in [0.29, 0.717) is 22.4 Å². The van der Waals surface area contributed by atoms with Crippen LogP contribution in [-0.4, -0.2) is 9.97 Å². The highest BCUT2D eigenvalue weighted by Gasteiger charge is 2.30. The van der Waals surface area contributed by atoms with Crippen molar-refractivity contribution in [3.8, 4) is 28.5 Å². The molecule has 7 heteroatoms. The third-order valence-electron chi connectivity index (χ3n) is 3.86. The molecule has 2 heterocycles. The number of pyridine rings is 2. The molecule has 1 aromatic carbocycles. The number of nitrogens with zero attached hydrogens (tertiary/aromatic N) is 2. The zero-order valence-corrected chi connectivity index (χ0v) is 13.6. The Labute approximate surface area is 146 Å². The van der Waals surface area contributed by atoms with Gasteiger partial charge in [0.15, 0.2) is 0 Å². The molecule has 4 nitrogen and oxygen atoms in total. The average molecular weight is 355 g/mol.